The van der Waals surface area contributed by atoms with Gasteiger partial charge in [-0.25, -0.2) is 0 Å². The summed E-state index contributed by atoms with van der Waals surface area (Å²) in [5.74, 6) is 0.0750. The van der Waals surface area contributed by atoms with Crippen molar-refractivity contribution in [3.8, 4) is 0 Å². The van der Waals surface area contributed by atoms with Crippen LogP contribution in [0.25, 0.3) is 0 Å². The Morgan fingerprint density at radius 3 is 2.93 bits per heavy atom. The lowest BCUT2D eigenvalue weighted by molar-refractivity contribution is -0.141. The van der Waals surface area contributed by atoms with Crippen LogP contribution in [0.5, 0.6) is 0 Å². The summed E-state index contributed by atoms with van der Waals surface area (Å²) in [7, 11) is 1.38. The standard InChI is InChI=1S/C12H18O3/c1-3-4-5-10-9(6-7-11(10)13)8-12(14)15-2/h5,9H,3-4,6-8H2,1-2H3/b10-5-. The van der Waals surface area contributed by atoms with Crippen molar-refractivity contribution < 1.29 is 14.3 Å². The number of carbonyl (C=O) groups is 2. The van der Waals surface area contributed by atoms with Gasteiger partial charge in [0.1, 0.15) is 0 Å². The Bertz CT molecular complexity index is 279. The molecule has 0 aromatic carbocycles. The summed E-state index contributed by atoms with van der Waals surface area (Å²) in [6.07, 6.45) is 5.65. The highest BCUT2D eigenvalue weighted by atomic mass is 16.5. The molecule has 0 radical (unpaired) electrons. The zero-order valence-electron chi connectivity index (χ0n) is 9.41. The number of esters is 1. The molecule has 0 spiro atoms. The summed E-state index contributed by atoms with van der Waals surface area (Å²) in [6.45, 7) is 2.08. The second-order valence-electron chi connectivity index (χ2n) is 3.89. The fourth-order valence-electron chi connectivity index (χ4n) is 1.91. The fraction of sp³-hybridized carbons (Fsp3) is 0.667. The molecule has 1 saturated carbocycles. The van der Waals surface area contributed by atoms with Gasteiger partial charge in [-0.2, -0.15) is 0 Å². The third-order valence-electron chi connectivity index (χ3n) is 2.78. The highest BCUT2D eigenvalue weighted by molar-refractivity contribution is 5.98. The van der Waals surface area contributed by atoms with E-state index in [0.29, 0.717) is 12.8 Å². The van der Waals surface area contributed by atoms with Crippen LogP contribution in [-0.2, 0) is 14.3 Å². The molecule has 0 aromatic heterocycles. The maximum absolute atomic E-state index is 11.5. The molecule has 1 atom stereocenters. The van der Waals surface area contributed by atoms with E-state index < -0.39 is 0 Å². The minimum Gasteiger partial charge on any atom is -0.469 e. The van der Waals surface area contributed by atoms with Gasteiger partial charge in [-0.3, -0.25) is 9.59 Å². The van der Waals surface area contributed by atoms with Crippen LogP contribution in [0.2, 0.25) is 0 Å². The van der Waals surface area contributed by atoms with Crippen LogP contribution >= 0.6 is 0 Å². The number of hydrogen-bond donors (Lipinski definition) is 0. The molecule has 1 unspecified atom stereocenters. The van der Waals surface area contributed by atoms with E-state index >= 15 is 0 Å². The number of hydrogen-bond acceptors (Lipinski definition) is 3. The average Bonchev–Trinajstić information content (AvgIpc) is 2.57. The van der Waals surface area contributed by atoms with Crippen LogP contribution in [0.15, 0.2) is 11.6 Å². The number of ether oxygens (including phenoxy) is 1. The summed E-state index contributed by atoms with van der Waals surface area (Å²) in [6, 6.07) is 0. The number of ketones is 1. The quantitative estimate of drug-likeness (QED) is 0.528. The Labute approximate surface area is 90.5 Å². The first-order valence-corrected chi connectivity index (χ1v) is 5.49. The molecule has 0 bridgehead atoms. The lowest BCUT2D eigenvalue weighted by atomic mass is 9.97. The Morgan fingerprint density at radius 2 is 2.33 bits per heavy atom. The van der Waals surface area contributed by atoms with Gasteiger partial charge in [0.25, 0.3) is 0 Å². The molecule has 1 rings (SSSR count). The van der Waals surface area contributed by atoms with Crippen LogP contribution in [-0.4, -0.2) is 18.9 Å². The van der Waals surface area contributed by atoms with E-state index in [0.717, 1.165) is 24.8 Å². The highest BCUT2D eigenvalue weighted by Gasteiger charge is 2.29. The average molecular weight is 210 g/mol. The van der Waals surface area contributed by atoms with Gasteiger partial charge in [0.05, 0.1) is 13.5 Å². The molecule has 3 heteroatoms. The zero-order chi connectivity index (χ0) is 11.3. The molecule has 15 heavy (non-hydrogen) atoms. The first-order valence-electron chi connectivity index (χ1n) is 5.49. The van der Waals surface area contributed by atoms with Crippen molar-refractivity contribution in [2.75, 3.05) is 7.11 Å². The van der Waals surface area contributed by atoms with Crippen LogP contribution in [0, 0.1) is 5.92 Å². The van der Waals surface area contributed by atoms with Gasteiger partial charge in [0.15, 0.2) is 5.78 Å². The molecular formula is C12H18O3. The van der Waals surface area contributed by atoms with Gasteiger partial charge < -0.3 is 4.74 Å². The topological polar surface area (TPSA) is 43.4 Å². The summed E-state index contributed by atoms with van der Waals surface area (Å²) in [5, 5.41) is 0. The van der Waals surface area contributed by atoms with Crippen molar-refractivity contribution in [2.45, 2.75) is 39.0 Å². The van der Waals surface area contributed by atoms with Crippen LogP contribution in [0.3, 0.4) is 0 Å². The van der Waals surface area contributed by atoms with Gasteiger partial charge in [-0.05, 0) is 24.3 Å². The third-order valence-corrected chi connectivity index (χ3v) is 2.78. The minimum atomic E-state index is -0.225. The second-order valence-corrected chi connectivity index (χ2v) is 3.89. The van der Waals surface area contributed by atoms with E-state index in [1.54, 1.807) is 0 Å². The normalized spacial score (nSPS) is 23.5. The summed E-state index contributed by atoms with van der Waals surface area (Å²) in [5.41, 5.74) is 0.849. The lowest BCUT2D eigenvalue weighted by Crippen LogP contribution is -2.10. The monoisotopic (exact) mass is 210 g/mol. The van der Waals surface area contributed by atoms with E-state index in [1.165, 1.54) is 7.11 Å². The molecule has 0 aliphatic heterocycles. The number of methoxy groups -OCH3 is 1. The molecule has 3 nitrogen and oxygen atoms in total. The van der Waals surface area contributed by atoms with Gasteiger partial charge in [-0.15, -0.1) is 0 Å². The van der Waals surface area contributed by atoms with E-state index in [9.17, 15) is 9.59 Å². The third kappa shape index (κ3) is 3.18. The smallest absolute Gasteiger partial charge is 0.306 e. The van der Waals surface area contributed by atoms with Crippen LogP contribution in [0.1, 0.15) is 39.0 Å². The number of Topliss-reactive ketones (excluding diaryl/α,β-unsaturated/α-hetero) is 1. The molecule has 1 fully saturated rings. The molecule has 0 aromatic rings. The molecule has 0 saturated heterocycles. The van der Waals surface area contributed by atoms with Gasteiger partial charge in [0, 0.05) is 6.42 Å². The minimum absolute atomic E-state index is 0.0940. The number of carbonyl (C=O) groups excluding carboxylic acids is 2. The van der Waals surface area contributed by atoms with Crippen molar-refractivity contribution in [3.05, 3.63) is 11.6 Å². The van der Waals surface area contributed by atoms with Crippen molar-refractivity contribution >= 4 is 11.8 Å². The Balaban J connectivity index is 2.63. The largest absolute Gasteiger partial charge is 0.469 e. The lowest BCUT2D eigenvalue weighted by Gasteiger charge is -2.08. The number of allylic oxidation sites excluding steroid dienone is 2. The first-order chi connectivity index (χ1) is 7.19. The highest BCUT2D eigenvalue weighted by Crippen LogP contribution is 2.31. The summed E-state index contributed by atoms with van der Waals surface area (Å²) >= 11 is 0. The van der Waals surface area contributed by atoms with Crippen LogP contribution in [0.4, 0.5) is 0 Å². The number of unbranched alkanes of at least 4 members (excludes halogenated alkanes) is 1. The Kier molecular flexibility index (Phi) is 4.53. The molecule has 84 valence electrons. The SMILES string of the molecule is CCC/C=C1\C(=O)CCC1CC(=O)OC. The molecular weight excluding hydrogens is 192 g/mol. The molecule has 0 heterocycles. The van der Waals surface area contributed by atoms with E-state index in [-0.39, 0.29) is 17.7 Å². The second kappa shape index (κ2) is 5.69. The Hall–Kier alpha value is -1.12. The molecule has 1 aliphatic rings. The molecule has 0 N–H and O–H groups in total. The molecule has 0 amide bonds. The predicted octanol–water partition coefficient (Wildman–Crippen LogP) is 2.26. The first kappa shape index (κ1) is 12.0. The maximum atomic E-state index is 11.5. The summed E-state index contributed by atoms with van der Waals surface area (Å²) < 4.78 is 4.62. The zero-order valence-corrected chi connectivity index (χ0v) is 9.41. The Morgan fingerprint density at radius 1 is 1.60 bits per heavy atom. The van der Waals surface area contributed by atoms with Crippen LogP contribution < -0.4 is 0 Å². The van der Waals surface area contributed by atoms with Gasteiger partial charge in [0.2, 0.25) is 0 Å². The molecule has 1 aliphatic carbocycles. The van der Waals surface area contributed by atoms with Crippen molar-refractivity contribution in [1.29, 1.82) is 0 Å². The van der Waals surface area contributed by atoms with E-state index in [4.69, 9.17) is 0 Å². The van der Waals surface area contributed by atoms with E-state index in [2.05, 4.69) is 11.7 Å². The van der Waals surface area contributed by atoms with Crippen molar-refractivity contribution in [3.63, 3.8) is 0 Å². The van der Waals surface area contributed by atoms with Gasteiger partial charge >= 0.3 is 5.97 Å². The van der Waals surface area contributed by atoms with Crippen molar-refractivity contribution in [1.82, 2.24) is 0 Å². The van der Waals surface area contributed by atoms with Crippen molar-refractivity contribution in [2.24, 2.45) is 5.92 Å². The summed E-state index contributed by atoms with van der Waals surface area (Å²) in [4.78, 5) is 22.7. The predicted molar refractivity (Wildman–Crippen MR) is 57.4 cm³/mol. The maximum Gasteiger partial charge on any atom is 0.306 e. The fourth-order valence-corrected chi connectivity index (χ4v) is 1.91. The number of rotatable bonds is 4. The van der Waals surface area contributed by atoms with E-state index in [1.807, 2.05) is 6.08 Å². The van der Waals surface area contributed by atoms with Gasteiger partial charge in [-0.1, -0.05) is 19.4 Å².